The second-order valence-corrected chi connectivity index (χ2v) is 4.23. The van der Waals surface area contributed by atoms with Crippen molar-refractivity contribution in [2.24, 2.45) is 0 Å². The molecule has 0 amide bonds. The molecule has 0 aliphatic heterocycles. The summed E-state index contributed by atoms with van der Waals surface area (Å²) >= 11 is 0. The average Bonchev–Trinajstić information content (AvgIpc) is 2.03. The molecule has 13 heavy (non-hydrogen) atoms. The Bertz CT molecular complexity index is 261. The lowest BCUT2D eigenvalue weighted by Crippen LogP contribution is -1.87. The first-order valence-electron chi connectivity index (χ1n) is 3.44. The molecule has 1 unspecified atom stereocenters. The molecule has 0 aliphatic carbocycles. The van der Waals surface area contributed by atoms with Crippen LogP contribution in [0, 0.1) is 0 Å². The van der Waals surface area contributed by atoms with Crippen molar-refractivity contribution in [1.82, 2.24) is 0 Å². The van der Waals surface area contributed by atoms with E-state index in [0.717, 1.165) is 8.58 Å². The number of hydrogen-bond donors (Lipinski definition) is 3. The van der Waals surface area contributed by atoms with Crippen LogP contribution in [0.5, 0.6) is 0 Å². The smallest absolute Gasteiger partial charge is 0.303 e. The van der Waals surface area contributed by atoms with Gasteiger partial charge in [0, 0.05) is 0 Å². The Balaban J connectivity index is 0.000000252. The molecule has 0 fully saturated rings. The minimum Gasteiger partial charge on any atom is -0.303 e. The molecule has 0 aliphatic rings. The fourth-order valence-corrected chi connectivity index (χ4v) is 1.13. The van der Waals surface area contributed by atoms with E-state index >= 15 is 0 Å². The second-order valence-electron chi connectivity index (χ2n) is 2.13. The molecule has 1 rings (SSSR count). The Labute approximate surface area is 78.6 Å². The molecule has 6 heteroatoms. The monoisotopic (exact) mass is 222 g/mol. The maximum atomic E-state index is 8.88. The van der Waals surface area contributed by atoms with Gasteiger partial charge in [-0.3, -0.25) is 0 Å². The predicted octanol–water partition coefficient (Wildman–Crippen LogP) is 0.692. The Hall–Kier alpha value is -0.240. The van der Waals surface area contributed by atoms with Gasteiger partial charge in [-0.05, 0) is 12.0 Å². The lowest BCUT2D eigenvalue weighted by molar-refractivity contribution is 0.275. The molecule has 74 valence electrons. The molecule has 0 saturated heterocycles. The van der Waals surface area contributed by atoms with Gasteiger partial charge in [0.05, 0.1) is 0 Å². The zero-order valence-electron chi connectivity index (χ0n) is 7.08. The van der Waals surface area contributed by atoms with Gasteiger partial charge in [-0.25, -0.2) is 4.57 Å². The lowest BCUT2D eigenvalue weighted by atomic mass is 10.4. The van der Waals surface area contributed by atoms with Crippen LogP contribution < -0.4 is 5.30 Å². The molecule has 0 bridgehead atoms. The van der Waals surface area contributed by atoms with E-state index in [2.05, 4.69) is 30.9 Å². The number of phosphoric acid groups is 1. The Morgan fingerprint density at radius 3 is 1.77 bits per heavy atom. The van der Waals surface area contributed by atoms with Crippen molar-refractivity contribution in [2.75, 3.05) is 6.66 Å². The first-order valence-corrected chi connectivity index (χ1v) is 6.51. The summed E-state index contributed by atoms with van der Waals surface area (Å²) < 4.78 is 8.88. The van der Waals surface area contributed by atoms with E-state index in [1.54, 1.807) is 0 Å². The summed E-state index contributed by atoms with van der Waals surface area (Å²) in [6, 6.07) is 10.5. The quantitative estimate of drug-likeness (QED) is 0.611. The van der Waals surface area contributed by atoms with Crippen molar-refractivity contribution in [3.8, 4) is 0 Å². The molecule has 0 spiro atoms. The van der Waals surface area contributed by atoms with Crippen LogP contribution in [0.4, 0.5) is 0 Å². The van der Waals surface area contributed by atoms with Crippen LogP contribution in [-0.4, -0.2) is 21.3 Å². The van der Waals surface area contributed by atoms with Gasteiger partial charge in [0.2, 0.25) is 0 Å². The van der Waals surface area contributed by atoms with Crippen molar-refractivity contribution < 1.29 is 19.2 Å². The summed E-state index contributed by atoms with van der Waals surface area (Å²) in [4.78, 5) is 21.6. The fourth-order valence-electron chi connectivity index (χ4n) is 0.605. The molecule has 0 aromatic heterocycles. The lowest BCUT2D eigenvalue weighted by Gasteiger charge is -1.89. The van der Waals surface area contributed by atoms with Crippen LogP contribution in [0.15, 0.2) is 30.3 Å². The van der Waals surface area contributed by atoms with Gasteiger partial charge < -0.3 is 14.7 Å². The highest BCUT2D eigenvalue weighted by Gasteiger charge is 2.00. The summed E-state index contributed by atoms with van der Waals surface area (Å²) in [5, 5.41) is 1.44. The zero-order valence-corrected chi connectivity index (χ0v) is 8.98. The number of hydrogen-bond acceptors (Lipinski definition) is 1. The SMILES string of the molecule is CPc1ccccc1.O=P(O)(O)O. The van der Waals surface area contributed by atoms with E-state index in [1.807, 2.05) is 6.07 Å². The van der Waals surface area contributed by atoms with E-state index in [0.29, 0.717) is 0 Å². The highest BCUT2D eigenvalue weighted by molar-refractivity contribution is 7.46. The molecular formula is C7H12O4P2. The van der Waals surface area contributed by atoms with Crippen LogP contribution >= 0.6 is 16.4 Å². The Morgan fingerprint density at radius 2 is 1.54 bits per heavy atom. The van der Waals surface area contributed by atoms with Crippen molar-refractivity contribution in [1.29, 1.82) is 0 Å². The van der Waals surface area contributed by atoms with E-state index in [-0.39, 0.29) is 0 Å². The van der Waals surface area contributed by atoms with Gasteiger partial charge in [0.1, 0.15) is 0 Å². The van der Waals surface area contributed by atoms with Crippen molar-refractivity contribution >= 4 is 21.7 Å². The van der Waals surface area contributed by atoms with Gasteiger partial charge in [-0.2, -0.15) is 0 Å². The molecule has 0 radical (unpaired) electrons. The molecule has 1 atom stereocenters. The van der Waals surface area contributed by atoms with Crippen LogP contribution in [0.1, 0.15) is 0 Å². The maximum Gasteiger partial charge on any atom is 0.466 e. The van der Waals surface area contributed by atoms with Gasteiger partial charge in [0.25, 0.3) is 0 Å². The molecule has 3 N–H and O–H groups in total. The van der Waals surface area contributed by atoms with E-state index in [1.165, 1.54) is 5.30 Å². The van der Waals surface area contributed by atoms with Gasteiger partial charge in [-0.15, -0.1) is 0 Å². The molecule has 0 saturated carbocycles. The first-order chi connectivity index (χ1) is 5.93. The van der Waals surface area contributed by atoms with Crippen LogP contribution in [0.25, 0.3) is 0 Å². The number of rotatable bonds is 1. The topological polar surface area (TPSA) is 77.8 Å². The molecule has 1 aromatic carbocycles. The fraction of sp³-hybridized carbons (Fsp3) is 0.143. The maximum absolute atomic E-state index is 8.88. The Kier molecular flexibility index (Phi) is 6.13. The Morgan fingerprint density at radius 1 is 1.15 bits per heavy atom. The summed E-state index contributed by atoms with van der Waals surface area (Å²) in [7, 11) is -3.71. The molecule has 4 nitrogen and oxygen atoms in total. The third kappa shape index (κ3) is 11.8. The zero-order chi connectivity index (χ0) is 10.3. The van der Waals surface area contributed by atoms with Gasteiger partial charge in [0.15, 0.2) is 0 Å². The van der Waals surface area contributed by atoms with Crippen LogP contribution in [0.3, 0.4) is 0 Å². The summed E-state index contributed by atoms with van der Waals surface area (Å²) in [5.41, 5.74) is 0. The normalized spacial score (nSPS) is 11.1. The third-order valence-electron chi connectivity index (χ3n) is 1.06. The van der Waals surface area contributed by atoms with Crippen molar-refractivity contribution in [2.45, 2.75) is 0 Å². The minimum atomic E-state index is -4.64. The summed E-state index contributed by atoms with van der Waals surface area (Å²) in [5.74, 6) is 0. The van der Waals surface area contributed by atoms with Crippen molar-refractivity contribution in [3.05, 3.63) is 30.3 Å². The van der Waals surface area contributed by atoms with Crippen molar-refractivity contribution in [3.63, 3.8) is 0 Å². The summed E-state index contributed by atoms with van der Waals surface area (Å²) in [6.07, 6.45) is 0. The largest absolute Gasteiger partial charge is 0.466 e. The van der Waals surface area contributed by atoms with Crippen LogP contribution in [0.2, 0.25) is 0 Å². The predicted molar refractivity (Wildman–Crippen MR) is 54.6 cm³/mol. The third-order valence-corrected chi connectivity index (χ3v) is 1.97. The number of benzene rings is 1. The second kappa shape index (κ2) is 6.25. The standard InChI is InChI=1S/C7H9P.H3O4P/c1-8-7-5-3-2-4-6-7;1-5(2,3)4/h2-6,8H,1H3;(H3,1,2,3,4). The average molecular weight is 222 g/mol. The highest BCUT2D eigenvalue weighted by Crippen LogP contribution is 2.25. The van der Waals surface area contributed by atoms with E-state index in [4.69, 9.17) is 19.2 Å². The molecule has 0 heterocycles. The van der Waals surface area contributed by atoms with E-state index in [9.17, 15) is 0 Å². The highest BCUT2D eigenvalue weighted by atomic mass is 31.2. The molecule has 1 aromatic rings. The molecular weight excluding hydrogens is 210 g/mol. The van der Waals surface area contributed by atoms with Crippen LogP contribution in [-0.2, 0) is 4.57 Å². The van der Waals surface area contributed by atoms with E-state index < -0.39 is 7.82 Å². The van der Waals surface area contributed by atoms with Gasteiger partial charge in [-0.1, -0.05) is 38.9 Å². The van der Waals surface area contributed by atoms with Gasteiger partial charge >= 0.3 is 7.82 Å². The minimum absolute atomic E-state index is 0.930. The first kappa shape index (κ1) is 12.8. The summed E-state index contributed by atoms with van der Waals surface area (Å²) in [6.45, 7) is 2.19.